The summed E-state index contributed by atoms with van der Waals surface area (Å²) in [6.45, 7) is 2.20. The van der Waals surface area contributed by atoms with Crippen LogP contribution >= 0.6 is 23.4 Å². The van der Waals surface area contributed by atoms with Gasteiger partial charge in [0.1, 0.15) is 0 Å². The Morgan fingerprint density at radius 1 is 1.07 bits per heavy atom. The van der Waals surface area contributed by atoms with Crippen molar-refractivity contribution in [3.63, 3.8) is 0 Å². The van der Waals surface area contributed by atoms with Gasteiger partial charge in [-0.3, -0.25) is 19.3 Å². The third-order valence-corrected chi connectivity index (χ3v) is 5.51. The van der Waals surface area contributed by atoms with E-state index in [0.29, 0.717) is 21.9 Å². The topological polar surface area (TPSA) is 66.5 Å². The number of nitrogens with zero attached hydrogens (tertiary/aromatic N) is 1. The highest BCUT2D eigenvalue weighted by molar-refractivity contribution is 7.99. The first kappa shape index (κ1) is 19.5. The number of hydrogen-bond acceptors (Lipinski definition) is 4. The summed E-state index contributed by atoms with van der Waals surface area (Å²) in [5.74, 6) is 0.147. The Hall–Kier alpha value is -2.31. The molecule has 1 aliphatic heterocycles. The Bertz CT molecular complexity index is 835. The number of rotatable bonds is 7. The fraction of sp³-hybridized carbons (Fsp3) is 0.250. The number of carbonyl (C=O) groups excluding carboxylic acids is 3. The van der Waals surface area contributed by atoms with E-state index in [2.05, 4.69) is 5.32 Å². The Morgan fingerprint density at radius 3 is 2.26 bits per heavy atom. The second-order valence-corrected chi connectivity index (χ2v) is 7.74. The summed E-state index contributed by atoms with van der Waals surface area (Å²) in [5, 5.41) is 3.58. The number of amides is 3. The van der Waals surface area contributed by atoms with Gasteiger partial charge in [0, 0.05) is 17.3 Å². The predicted octanol–water partition coefficient (Wildman–Crippen LogP) is 3.55. The van der Waals surface area contributed by atoms with Gasteiger partial charge in [-0.15, -0.1) is 0 Å². The van der Waals surface area contributed by atoms with E-state index in [4.69, 9.17) is 11.6 Å². The monoisotopic (exact) mass is 402 g/mol. The Labute approximate surface area is 167 Å². The number of imide groups is 1. The van der Waals surface area contributed by atoms with E-state index in [9.17, 15) is 14.4 Å². The van der Waals surface area contributed by atoms with Crippen molar-refractivity contribution in [3.8, 4) is 0 Å². The molecule has 0 aromatic heterocycles. The van der Waals surface area contributed by atoms with Crippen LogP contribution in [0.5, 0.6) is 0 Å². The van der Waals surface area contributed by atoms with Crippen LogP contribution in [-0.2, 0) is 4.79 Å². The standard InChI is InChI=1S/C20H19ClN2O3S/c1-13(14-6-8-15(21)9-7-14)22-18(24)12-27-11-10-23-19(25)16-4-2-3-5-17(16)20(23)26/h2-9,13H,10-12H2,1H3,(H,22,24)/t13-/m1/s1. The molecule has 2 aromatic carbocycles. The van der Waals surface area contributed by atoms with E-state index in [1.807, 2.05) is 19.1 Å². The van der Waals surface area contributed by atoms with Crippen LogP contribution < -0.4 is 5.32 Å². The number of carbonyl (C=O) groups is 3. The van der Waals surface area contributed by atoms with Crippen molar-refractivity contribution in [1.82, 2.24) is 10.2 Å². The predicted molar refractivity (Wildman–Crippen MR) is 107 cm³/mol. The Balaban J connectivity index is 1.43. The summed E-state index contributed by atoms with van der Waals surface area (Å²) in [6.07, 6.45) is 0. The number of fused-ring (bicyclic) bond motifs is 1. The summed E-state index contributed by atoms with van der Waals surface area (Å²) < 4.78 is 0. The summed E-state index contributed by atoms with van der Waals surface area (Å²) in [7, 11) is 0. The molecule has 0 bridgehead atoms. The van der Waals surface area contributed by atoms with Gasteiger partial charge in [0.25, 0.3) is 11.8 Å². The summed E-state index contributed by atoms with van der Waals surface area (Å²) >= 11 is 7.26. The van der Waals surface area contributed by atoms with Crippen molar-refractivity contribution in [2.24, 2.45) is 0 Å². The molecule has 3 rings (SSSR count). The molecule has 2 aromatic rings. The molecule has 0 saturated carbocycles. The van der Waals surface area contributed by atoms with Crippen LogP contribution in [0.4, 0.5) is 0 Å². The van der Waals surface area contributed by atoms with Gasteiger partial charge in [0.2, 0.25) is 5.91 Å². The molecule has 3 amide bonds. The smallest absolute Gasteiger partial charge is 0.261 e. The molecule has 0 spiro atoms. The number of halogens is 1. The van der Waals surface area contributed by atoms with Gasteiger partial charge in [-0.2, -0.15) is 11.8 Å². The van der Waals surface area contributed by atoms with Gasteiger partial charge in [0.15, 0.2) is 0 Å². The zero-order valence-corrected chi connectivity index (χ0v) is 16.3. The number of thioether (sulfide) groups is 1. The molecule has 1 heterocycles. The molecule has 1 N–H and O–H groups in total. The SMILES string of the molecule is C[C@@H](NC(=O)CSCCN1C(=O)c2ccccc2C1=O)c1ccc(Cl)cc1. The molecule has 0 aliphatic carbocycles. The molecule has 140 valence electrons. The lowest BCUT2D eigenvalue weighted by molar-refractivity contribution is -0.119. The highest BCUT2D eigenvalue weighted by Gasteiger charge is 2.34. The van der Waals surface area contributed by atoms with E-state index in [0.717, 1.165) is 5.56 Å². The Kier molecular flexibility index (Phi) is 6.19. The largest absolute Gasteiger partial charge is 0.349 e. The second kappa shape index (κ2) is 8.59. The lowest BCUT2D eigenvalue weighted by Crippen LogP contribution is -2.32. The number of hydrogen-bond donors (Lipinski definition) is 1. The summed E-state index contributed by atoms with van der Waals surface area (Å²) in [4.78, 5) is 37.9. The number of benzene rings is 2. The van der Waals surface area contributed by atoms with Crippen molar-refractivity contribution in [2.75, 3.05) is 18.1 Å². The second-order valence-electron chi connectivity index (χ2n) is 6.20. The Morgan fingerprint density at radius 2 is 1.67 bits per heavy atom. The van der Waals surface area contributed by atoms with Crippen LogP contribution in [0.1, 0.15) is 39.2 Å². The molecule has 0 saturated heterocycles. The molecule has 1 aliphatic rings. The van der Waals surface area contributed by atoms with Crippen molar-refractivity contribution in [1.29, 1.82) is 0 Å². The fourth-order valence-corrected chi connectivity index (χ4v) is 3.73. The first-order valence-electron chi connectivity index (χ1n) is 8.55. The highest BCUT2D eigenvalue weighted by atomic mass is 35.5. The van der Waals surface area contributed by atoms with Crippen molar-refractivity contribution >= 4 is 41.1 Å². The molecule has 0 radical (unpaired) electrons. The van der Waals surface area contributed by atoms with Gasteiger partial charge in [0.05, 0.1) is 22.9 Å². The molecule has 0 fully saturated rings. The van der Waals surface area contributed by atoms with Crippen LogP contribution in [0.3, 0.4) is 0 Å². The molecular formula is C20H19ClN2O3S. The maximum atomic E-state index is 12.3. The van der Waals surface area contributed by atoms with Crippen molar-refractivity contribution in [3.05, 3.63) is 70.2 Å². The van der Waals surface area contributed by atoms with Crippen LogP contribution in [0.2, 0.25) is 5.02 Å². The zero-order valence-electron chi connectivity index (χ0n) is 14.8. The van der Waals surface area contributed by atoms with Crippen LogP contribution in [0.25, 0.3) is 0 Å². The first-order valence-corrected chi connectivity index (χ1v) is 10.1. The zero-order chi connectivity index (χ0) is 19.4. The third kappa shape index (κ3) is 4.51. The maximum absolute atomic E-state index is 12.3. The third-order valence-electron chi connectivity index (χ3n) is 4.32. The summed E-state index contributed by atoms with van der Waals surface area (Å²) in [5.41, 5.74) is 1.87. The van der Waals surface area contributed by atoms with Gasteiger partial charge in [-0.1, -0.05) is 35.9 Å². The van der Waals surface area contributed by atoms with Gasteiger partial charge < -0.3 is 5.32 Å². The lowest BCUT2D eigenvalue weighted by Gasteiger charge is -2.15. The van der Waals surface area contributed by atoms with Gasteiger partial charge >= 0.3 is 0 Å². The molecule has 7 heteroatoms. The first-order chi connectivity index (χ1) is 13.0. The molecule has 27 heavy (non-hydrogen) atoms. The van der Waals surface area contributed by atoms with E-state index in [1.165, 1.54) is 16.7 Å². The average molecular weight is 403 g/mol. The minimum atomic E-state index is -0.267. The molecule has 1 atom stereocenters. The fourth-order valence-electron chi connectivity index (χ4n) is 2.88. The van der Waals surface area contributed by atoms with Gasteiger partial charge in [-0.05, 0) is 36.8 Å². The van der Waals surface area contributed by atoms with Crippen LogP contribution in [-0.4, -0.2) is 40.7 Å². The van der Waals surface area contributed by atoms with E-state index >= 15 is 0 Å². The molecule has 0 unspecified atom stereocenters. The highest BCUT2D eigenvalue weighted by Crippen LogP contribution is 2.22. The normalized spacial score (nSPS) is 14.2. The van der Waals surface area contributed by atoms with Crippen LogP contribution in [0.15, 0.2) is 48.5 Å². The molecular weight excluding hydrogens is 384 g/mol. The number of nitrogens with one attached hydrogen (secondary N) is 1. The lowest BCUT2D eigenvalue weighted by atomic mass is 10.1. The average Bonchev–Trinajstić information content (AvgIpc) is 2.90. The van der Waals surface area contributed by atoms with Gasteiger partial charge in [-0.25, -0.2) is 0 Å². The maximum Gasteiger partial charge on any atom is 0.261 e. The van der Waals surface area contributed by atoms with E-state index < -0.39 is 0 Å². The molecule has 5 nitrogen and oxygen atoms in total. The van der Waals surface area contributed by atoms with Crippen molar-refractivity contribution < 1.29 is 14.4 Å². The van der Waals surface area contributed by atoms with E-state index in [1.54, 1.807) is 36.4 Å². The summed E-state index contributed by atoms with van der Waals surface area (Å²) in [6, 6.07) is 14.0. The van der Waals surface area contributed by atoms with Crippen LogP contribution in [0, 0.1) is 0 Å². The van der Waals surface area contributed by atoms with E-state index in [-0.39, 0.29) is 36.1 Å². The quantitative estimate of drug-likeness (QED) is 0.568. The minimum Gasteiger partial charge on any atom is -0.349 e. The van der Waals surface area contributed by atoms with Crippen molar-refractivity contribution in [2.45, 2.75) is 13.0 Å². The minimum absolute atomic E-state index is 0.0928.